The molecule has 7 heteroatoms. The molecular formula is C23H26N4O3. The van der Waals surface area contributed by atoms with Crippen LogP contribution in [0.1, 0.15) is 53.6 Å². The van der Waals surface area contributed by atoms with Crippen molar-refractivity contribution in [2.75, 3.05) is 5.32 Å². The summed E-state index contributed by atoms with van der Waals surface area (Å²) in [6.45, 7) is 1.97. The Bertz CT molecular complexity index is 932. The zero-order chi connectivity index (χ0) is 21.3. The van der Waals surface area contributed by atoms with Crippen LogP contribution >= 0.6 is 0 Å². The summed E-state index contributed by atoms with van der Waals surface area (Å²) in [6, 6.07) is 14.3. The van der Waals surface area contributed by atoms with Gasteiger partial charge in [-0.2, -0.15) is 5.10 Å². The largest absolute Gasteiger partial charge is 0.349 e. The molecule has 1 fully saturated rings. The molecule has 0 aliphatic heterocycles. The molecule has 1 aliphatic rings. The van der Waals surface area contributed by atoms with Gasteiger partial charge in [0.1, 0.15) is 0 Å². The molecule has 30 heavy (non-hydrogen) atoms. The molecule has 7 nitrogen and oxygen atoms in total. The monoisotopic (exact) mass is 406 g/mol. The predicted octanol–water partition coefficient (Wildman–Crippen LogP) is 3.15. The number of hydrazone groups is 1. The minimum absolute atomic E-state index is 0.148. The fourth-order valence-corrected chi connectivity index (χ4v) is 3.35. The van der Waals surface area contributed by atoms with E-state index < -0.39 is 11.8 Å². The molecule has 2 aromatic carbocycles. The Morgan fingerprint density at radius 1 is 0.933 bits per heavy atom. The zero-order valence-corrected chi connectivity index (χ0v) is 17.0. The van der Waals surface area contributed by atoms with Crippen molar-refractivity contribution >= 4 is 29.6 Å². The van der Waals surface area contributed by atoms with Crippen molar-refractivity contribution in [1.29, 1.82) is 0 Å². The van der Waals surface area contributed by atoms with E-state index in [0.29, 0.717) is 5.56 Å². The van der Waals surface area contributed by atoms with Crippen molar-refractivity contribution in [1.82, 2.24) is 10.7 Å². The third-order valence-electron chi connectivity index (χ3n) is 5.02. The number of para-hydroxylation sites is 1. The zero-order valence-electron chi connectivity index (χ0n) is 17.0. The summed E-state index contributed by atoms with van der Waals surface area (Å²) in [5, 5.41) is 9.32. The van der Waals surface area contributed by atoms with Gasteiger partial charge in [-0.1, -0.05) is 61.2 Å². The Morgan fingerprint density at radius 3 is 2.37 bits per heavy atom. The molecular weight excluding hydrogens is 380 g/mol. The van der Waals surface area contributed by atoms with Crippen molar-refractivity contribution in [2.45, 2.75) is 45.1 Å². The van der Waals surface area contributed by atoms with Crippen LogP contribution in [0.15, 0.2) is 53.6 Å². The first-order valence-electron chi connectivity index (χ1n) is 10.1. The second-order valence-electron chi connectivity index (χ2n) is 7.42. The highest BCUT2D eigenvalue weighted by molar-refractivity contribution is 6.40. The lowest BCUT2D eigenvalue weighted by Crippen LogP contribution is -2.37. The van der Waals surface area contributed by atoms with Crippen molar-refractivity contribution in [2.24, 2.45) is 5.10 Å². The molecule has 0 radical (unpaired) electrons. The lowest BCUT2D eigenvalue weighted by atomic mass is 9.95. The number of carbonyl (C=O) groups is 3. The van der Waals surface area contributed by atoms with Gasteiger partial charge in [0.05, 0.1) is 17.5 Å². The quantitative estimate of drug-likeness (QED) is 0.404. The molecule has 1 saturated carbocycles. The minimum atomic E-state index is -0.916. The summed E-state index contributed by atoms with van der Waals surface area (Å²) < 4.78 is 0. The third-order valence-corrected chi connectivity index (χ3v) is 5.02. The van der Waals surface area contributed by atoms with Crippen LogP contribution in [0.3, 0.4) is 0 Å². The molecule has 2 aromatic rings. The highest BCUT2D eigenvalue weighted by Crippen LogP contribution is 2.20. The number of hydrogen-bond donors (Lipinski definition) is 3. The lowest BCUT2D eigenvalue weighted by Gasteiger charge is -2.23. The number of aryl methyl sites for hydroxylation is 1. The van der Waals surface area contributed by atoms with E-state index in [1.807, 2.05) is 31.2 Å². The van der Waals surface area contributed by atoms with Crippen LogP contribution in [0.25, 0.3) is 0 Å². The molecule has 0 saturated heterocycles. The van der Waals surface area contributed by atoms with E-state index in [2.05, 4.69) is 21.2 Å². The fraction of sp³-hybridized carbons (Fsp3) is 0.304. The van der Waals surface area contributed by atoms with Crippen LogP contribution in [-0.2, 0) is 9.59 Å². The molecule has 0 aromatic heterocycles. The van der Waals surface area contributed by atoms with E-state index >= 15 is 0 Å². The summed E-state index contributed by atoms with van der Waals surface area (Å²) in [4.78, 5) is 36.9. The smallest absolute Gasteiger partial charge is 0.329 e. The van der Waals surface area contributed by atoms with Crippen molar-refractivity contribution < 1.29 is 14.4 Å². The summed E-state index contributed by atoms with van der Waals surface area (Å²) in [5.41, 5.74) is 4.72. The normalized spacial score (nSPS) is 14.3. The van der Waals surface area contributed by atoms with Crippen LogP contribution in [0.4, 0.5) is 5.69 Å². The standard InChI is InChI=1S/C23H26N4O3/c1-16-11-13-17(14-12-16)15-24-27-23(30)22(29)26-20-10-6-5-9-19(20)21(28)25-18-7-3-2-4-8-18/h5-6,9-15,18H,2-4,7-8H2,1H3,(H,25,28)(H,26,29)(H,27,30)/b24-15+. The van der Waals surface area contributed by atoms with Crippen molar-refractivity contribution in [3.05, 3.63) is 65.2 Å². The number of nitrogens with one attached hydrogen (secondary N) is 3. The second-order valence-corrected chi connectivity index (χ2v) is 7.42. The van der Waals surface area contributed by atoms with Gasteiger partial charge in [-0.05, 0) is 37.5 Å². The summed E-state index contributed by atoms with van der Waals surface area (Å²) in [6.07, 6.45) is 6.78. The third kappa shape index (κ3) is 6.01. The number of carbonyl (C=O) groups excluding carboxylic acids is 3. The molecule has 0 heterocycles. The lowest BCUT2D eigenvalue weighted by molar-refractivity contribution is -0.136. The first-order chi connectivity index (χ1) is 14.5. The first kappa shape index (κ1) is 21.2. The number of rotatable bonds is 5. The summed E-state index contributed by atoms with van der Waals surface area (Å²) in [5.74, 6) is -2.06. The van der Waals surface area contributed by atoms with Crippen LogP contribution in [0.5, 0.6) is 0 Å². The number of amides is 3. The summed E-state index contributed by atoms with van der Waals surface area (Å²) in [7, 11) is 0. The maximum atomic E-state index is 12.7. The molecule has 3 amide bonds. The highest BCUT2D eigenvalue weighted by Gasteiger charge is 2.20. The molecule has 156 valence electrons. The van der Waals surface area contributed by atoms with Crippen LogP contribution in [0.2, 0.25) is 0 Å². The van der Waals surface area contributed by atoms with E-state index in [1.165, 1.54) is 12.6 Å². The Morgan fingerprint density at radius 2 is 1.63 bits per heavy atom. The summed E-state index contributed by atoms with van der Waals surface area (Å²) >= 11 is 0. The van der Waals surface area contributed by atoms with Gasteiger partial charge in [0.25, 0.3) is 5.91 Å². The maximum Gasteiger partial charge on any atom is 0.329 e. The van der Waals surface area contributed by atoms with Crippen molar-refractivity contribution in [3.8, 4) is 0 Å². The van der Waals surface area contributed by atoms with E-state index in [4.69, 9.17) is 0 Å². The number of hydrogen-bond acceptors (Lipinski definition) is 4. The topological polar surface area (TPSA) is 99.7 Å². The van der Waals surface area contributed by atoms with Gasteiger partial charge in [-0.25, -0.2) is 5.43 Å². The van der Waals surface area contributed by atoms with Gasteiger partial charge in [0, 0.05) is 6.04 Å². The molecule has 3 rings (SSSR count). The molecule has 1 aliphatic carbocycles. The Labute approximate surface area is 175 Å². The van der Waals surface area contributed by atoms with Gasteiger partial charge in [-0.3, -0.25) is 14.4 Å². The number of benzene rings is 2. The molecule has 3 N–H and O–H groups in total. The van der Waals surface area contributed by atoms with Crippen LogP contribution in [-0.4, -0.2) is 30.0 Å². The molecule has 0 atom stereocenters. The van der Waals surface area contributed by atoms with Gasteiger partial charge in [0.2, 0.25) is 0 Å². The van der Waals surface area contributed by atoms with E-state index in [9.17, 15) is 14.4 Å². The van der Waals surface area contributed by atoms with Gasteiger partial charge in [-0.15, -0.1) is 0 Å². The molecule has 0 spiro atoms. The number of nitrogens with zero attached hydrogens (tertiary/aromatic N) is 1. The van der Waals surface area contributed by atoms with Crippen molar-refractivity contribution in [3.63, 3.8) is 0 Å². The Hall–Kier alpha value is -3.48. The molecule has 0 bridgehead atoms. The molecule has 0 unspecified atom stereocenters. The maximum absolute atomic E-state index is 12.7. The van der Waals surface area contributed by atoms with Gasteiger partial charge >= 0.3 is 11.8 Å². The van der Waals surface area contributed by atoms with Gasteiger partial charge in [0.15, 0.2) is 0 Å². The van der Waals surface area contributed by atoms with Crippen LogP contribution in [0, 0.1) is 6.92 Å². The van der Waals surface area contributed by atoms with E-state index in [-0.39, 0.29) is 17.6 Å². The SMILES string of the molecule is Cc1ccc(/C=N/NC(=O)C(=O)Nc2ccccc2C(=O)NC2CCCCC2)cc1. The van der Waals surface area contributed by atoms with E-state index in [1.54, 1.807) is 24.3 Å². The number of anilines is 1. The Kier molecular flexibility index (Phi) is 7.32. The second kappa shape index (κ2) is 10.3. The highest BCUT2D eigenvalue weighted by atomic mass is 16.2. The predicted molar refractivity (Wildman–Crippen MR) is 116 cm³/mol. The van der Waals surface area contributed by atoms with Gasteiger partial charge < -0.3 is 10.6 Å². The Balaban J connectivity index is 1.58. The average molecular weight is 406 g/mol. The fourth-order valence-electron chi connectivity index (χ4n) is 3.35. The minimum Gasteiger partial charge on any atom is -0.349 e. The van der Waals surface area contributed by atoms with E-state index in [0.717, 1.165) is 36.8 Å². The first-order valence-corrected chi connectivity index (χ1v) is 10.1. The van der Waals surface area contributed by atoms with Crippen LogP contribution < -0.4 is 16.1 Å². The average Bonchev–Trinajstić information content (AvgIpc) is 2.76.